The zero-order chi connectivity index (χ0) is 17.9. The monoisotopic (exact) mass is 345 g/mol. The van der Waals surface area contributed by atoms with E-state index in [0.717, 1.165) is 23.5 Å². The van der Waals surface area contributed by atoms with Crippen molar-refractivity contribution < 1.29 is 19.1 Å². The van der Waals surface area contributed by atoms with Crippen molar-refractivity contribution in [3.63, 3.8) is 0 Å². The number of carbonyl (C=O) groups is 3. The second-order valence-corrected chi connectivity index (χ2v) is 6.52. The Morgan fingerprint density at radius 3 is 2.64 bits per heavy atom. The van der Waals surface area contributed by atoms with Crippen molar-refractivity contribution in [1.82, 2.24) is 15.5 Å². The highest BCUT2D eigenvalue weighted by Crippen LogP contribution is 2.35. The summed E-state index contributed by atoms with van der Waals surface area (Å²) in [6.45, 7) is 2.18. The summed E-state index contributed by atoms with van der Waals surface area (Å²) in [6.07, 6.45) is 3.12. The fourth-order valence-electron chi connectivity index (χ4n) is 3.44. The SMILES string of the molecule is C[C@@H](C(=O)NCCOc1ccccc1)N1C(=O)NC2(CCCC2)C1=O. The van der Waals surface area contributed by atoms with Crippen molar-refractivity contribution in [2.45, 2.75) is 44.2 Å². The molecule has 0 radical (unpaired) electrons. The minimum Gasteiger partial charge on any atom is -0.492 e. The van der Waals surface area contributed by atoms with E-state index in [9.17, 15) is 14.4 Å². The Morgan fingerprint density at radius 1 is 1.28 bits per heavy atom. The number of hydrogen-bond donors (Lipinski definition) is 2. The number of ether oxygens (including phenoxy) is 1. The van der Waals surface area contributed by atoms with Crippen molar-refractivity contribution in [3.05, 3.63) is 30.3 Å². The molecule has 1 aliphatic heterocycles. The average Bonchev–Trinajstić information content (AvgIpc) is 3.17. The highest BCUT2D eigenvalue weighted by atomic mass is 16.5. The molecular formula is C18H23N3O4. The van der Waals surface area contributed by atoms with Crippen LogP contribution in [0.15, 0.2) is 30.3 Å². The Morgan fingerprint density at radius 2 is 1.96 bits per heavy atom. The minimum absolute atomic E-state index is 0.279. The van der Waals surface area contributed by atoms with E-state index >= 15 is 0 Å². The zero-order valence-electron chi connectivity index (χ0n) is 14.3. The molecule has 1 aromatic carbocycles. The minimum atomic E-state index is -0.843. The number of hydrogen-bond acceptors (Lipinski definition) is 4. The van der Waals surface area contributed by atoms with Gasteiger partial charge in [-0.05, 0) is 31.9 Å². The van der Waals surface area contributed by atoms with E-state index in [1.807, 2.05) is 30.3 Å². The molecule has 2 N–H and O–H groups in total. The third-order valence-electron chi connectivity index (χ3n) is 4.83. The van der Waals surface area contributed by atoms with E-state index in [4.69, 9.17) is 4.74 Å². The molecule has 2 fully saturated rings. The van der Waals surface area contributed by atoms with Gasteiger partial charge in [-0.3, -0.25) is 9.59 Å². The van der Waals surface area contributed by atoms with Gasteiger partial charge < -0.3 is 15.4 Å². The second kappa shape index (κ2) is 7.13. The number of para-hydroxylation sites is 1. The lowest BCUT2D eigenvalue weighted by Crippen LogP contribution is -2.50. The first-order chi connectivity index (χ1) is 12.0. The summed E-state index contributed by atoms with van der Waals surface area (Å²) < 4.78 is 5.51. The first-order valence-electron chi connectivity index (χ1n) is 8.65. The van der Waals surface area contributed by atoms with Crippen molar-refractivity contribution in [2.24, 2.45) is 0 Å². The maximum Gasteiger partial charge on any atom is 0.325 e. The van der Waals surface area contributed by atoms with E-state index in [0.29, 0.717) is 26.0 Å². The van der Waals surface area contributed by atoms with Gasteiger partial charge in [0, 0.05) is 0 Å². The first kappa shape index (κ1) is 17.3. The van der Waals surface area contributed by atoms with Crippen LogP contribution in [-0.2, 0) is 9.59 Å². The smallest absolute Gasteiger partial charge is 0.325 e. The van der Waals surface area contributed by atoms with Crippen LogP contribution in [0.25, 0.3) is 0 Å². The number of imide groups is 1. The van der Waals surface area contributed by atoms with Crippen molar-refractivity contribution >= 4 is 17.8 Å². The number of nitrogens with one attached hydrogen (secondary N) is 2. The molecule has 1 atom stereocenters. The molecule has 134 valence electrons. The predicted octanol–water partition coefficient (Wildman–Crippen LogP) is 1.43. The van der Waals surface area contributed by atoms with Crippen LogP contribution in [0, 0.1) is 0 Å². The van der Waals surface area contributed by atoms with Crippen LogP contribution in [0.4, 0.5) is 4.79 Å². The fraction of sp³-hybridized carbons (Fsp3) is 0.500. The number of rotatable bonds is 6. The summed E-state index contributed by atoms with van der Waals surface area (Å²) in [5.41, 5.74) is -0.790. The molecule has 1 aromatic rings. The molecule has 7 nitrogen and oxygen atoms in total. The molecule has 1 aliphatic carbocycles. The molecule has 0 bridgehead atoms. The summed E-state index contributed by atoms with van der Waals surface area (Å²) >= 11 is 0. The van der Waals surface area contributed by atoms with Gasteiger partial charge in [0.25, 0.3) is 5.91 Å². The lowest BCUT2D eigenvalue weighted by Gasteiger charge is -2.23. The average molecular weight is 345 g/mol. The molecule has 1 saturated heterocycles. The van der Waals surface area contributed by atoms with Gasteiger partial charge in [0.05, 0.1) is 6.54 Å². The third-order valence-corrected chi connectivity index (χ3v) is 4.83. The summed E-state index contributed by atoms with van der Waals surface area (Å²) in [6, 6.07) is 7.97. The van der Waals surface area contributed by atoms with Crippen LogP contribution in [0.2, 0.25) is 0 Å². The molecule has 25 heavy (non-hydrogen) atoms. The second-order valence-electron chi connectivity index (χ2n) is 6.52. The zero-order valence-corrected chi connectivity index (χ0v) is 14.3. The van der Waals surface area contributed by atoms with E-state index in [1.165, 1.54) is 0 Å². The standard InChI is InChI=1S/C18H23N3O4/c1-13(15(22)19-11-12-25-14-7-3-2-4-8-14)21-16(23)18(20-17(21)24)9-5-6-10-18/h2-4,7-8,13H,5-6,9-12H2,1H3,(H,19,22)(H,20,24)/t13-/m0/s1. The lowest BCUT2D eigenvalue weighted by atomic mass is 9.97. The lowest BCUT2D eigenvalue weighted by molar-refractivity contribution is -0.137. The number of urea groups is 1. The van der Waals surface area contributed by atoms with Crippen LogP contribution in [0.1, 0.15) is 32.6 Å². The number of nitrogens with zero attached hydrogens (tertiary/aromatic N) is 1. The van der Waals surface area contributed by atoms with Crippen molar-refractivity contribution in [2.75, 3.05) is 13.2 Å². The summed E-state index contributed by atoms with van der Waals surface area (Å²) in [5, 5.41) is 5.50. The predicted molar refractivity (Wildman–Crippen MR) is 91.0 cm³/mol. The largest absolute Gasteiger partial charge is 0.492 e. The number of carbonyl (C=O) groups excluding carboxylic acids is 3. The first-order valence-corrected chi connectivity index (χ1v) is 8.65. The van der Waals surface area contributed by atoms with Gasteiger partial charge in [-0.25, -0.2) is 9.69 Å². The summed E-state index contributed by atoms with van der Waals surface area (Å²) in [5.74, 6) is 0.0791. The number of benzene rings is 1. The highest BCUT2D eigenvalue weighted by molar-refractivity contribution is 6.09. The molecule has 2 aliphatic rings. The summed E-state index contributed by atoms with van der Waals surface area (Å²) in [7, 11) is 0. The fourth-order valence-corrected chi connectivity index (χ4v) is 3.44. The van der Waals surface area contributed by atoms with Gasteiger partial charge in [-0.15, -0.1) is 0 Å². The molecule has 0 unspecified atom stereocenters. The van der Waals surface area contributed by atoms with Crippen LogP contribution in [-0.4, -0.2) is 47.5 Å². The van der Waals surface area contributed by atoms with E-state index in [2.05, 4.69) is 10.6 Å². The van der Waals surface area contributed by atoms with Gasteiger partial charge in [-0.2, -0.15) is 0 Å². The van der Waals surface area contributed by atoms with Crippen LogP contribution >= 0.6 is 0 Å². The number of amides is 4. The molecule has 1 spiro atoms. The summed E-state index contributed by atoms with van der Waals surface area (Å²) in [4.78, 5) is 38.2. The Bertz CT molecular complexity index is 656. The topological polar surface area (TPSA) is 87.7 Å². The molecule has 1 saturated carbocycles. The van der Waals surface area contributed by atoms with Crippen LogP contribution < -0.4 is 15.4 Å². The van der Waals surface area contributed by atoms with E-state index in [-0.39, 0.29) is 11.8 Å². The maximum absolute atomic E-state index is 12.6. The molecule has 4 amide bonds. The highest BCUT2D eigenvalue weighted by Gasteiger charge is 2.54. The Balaban J connectivity index is 1.50. The van der Waals surface area contributed by atoms with Crippen LogP contribution in [0.3, 0.4) is 0 Å². The molecule has 0 aromatic heterocycles. The Kier molecular flexibility index (Phi) is 4.92. The van der Waals surface area contributed by atoms with Crippen molar-refractivity contribution in [1.29, 1.82) is 0 Å². The third kappa shape index (κ3) is 3.45. The van der Waals surface area contributed by atoms with Gasteiger partial charge >= 0.3 is 6.03 Å². The Labute approximate surface area is 146 Å². The molecule has 3 rings (SSSR count). The van der Waals surface area contributed by atoms with Gasteiger partial charge in [0.2, 0.25) is 5.91 Å². The van der Waals surface area contributed by atoms with Crippen LogP contribution in [0.5, 0.6) is 5.75 Å². The quantitative estimate of drug-likeness (QED) is 0.603. The van der Waals surface area contributed by atoms with Gasteiger partial charge in [-0.1, -0.05) is 31.0 Å². The van der Waals surface area contributed by atoms with Crippen molar-refractivity contribution in [3.8, 4) is 5.75 Å². The maximum atomic E-state index is 12.6. The Hall–Kier alpha value is -2.57. The molecular weight excluding hydrogens is 322 g/mol. The van der Waals surface area contributed by atoms with E-state index in [1.54, 1.807) is 6.92 Å². The van der Waals surface area contributed by atoms with E-state index < -0.39 is 17.6 Å². The van der Waals surface area contributed by atoms with Gasteiger partial charge in [0.15, 0.2) is 0 Å². The normalized spacial score (nSPS) is 19.8. The molecule has 1 heterocycles. The molecule has 7 heteroatoms. The van der Waals surface area contributed by atoms with Gasteiger partial charge in [0.1, 0.15) is 23.9 Å².